The van der Waals surface area contributed by atoms with Gasteiger partial charge in [0, 0.05) is 24.7 Å². The SMILES string of the molecule is COc1ccc(CC(C)(O)CNC(=O)C(=O)Nc2ccc3c(c2)OCO3)cc1. The molecule has 0 bridgehead atoms. The highest BCUT2D eigenvalue weighted by atomic mass is 16.7. The van der Waals surface area contributed by atoms with Gasteiger partial charge >= 0.3 is 11.8 Å². The molecule has 1 heterocycles. The van der Waals surface area contributed by atoms with E-state index in [9.17, 15) is 14.7 Å². The molecule has 0 saturated heterocycles. The fraction of sp³-hybridized carbons (Fsp3) is 0.300. The molecule has 2 aromatic rings. The third kappa shape index (κ3) is 4.92. The second-order valence-corrected chi connectivity index (χ2v) is 6.73. The van der Waals surface area contributed by atoms with Crippen molar-refractivity contribution in [2.75, 3.05) is 25.8 Å². The first kappa shape index (κ1) is 19.5. The molecule has 3 N–H and O–H groups in total. The Bertz CT molecular complexity index is 863. The van der Waals surface area contributed by atoms with Crippen LogP contribution in [-0.4, -0.2) is 43.0 Å². The van der Waals surface area contributed by atoms with E-state index in [4.69, 9.17) is 14.2 Å². The van der Waals surface area contributed by atoms with E-state index >= 15 is 0 Å². The number of methoxy groups -OCH3 is 1. The lowest BCUT2D eigenvalue weighted by atomic mass is 9.96. The monoisotopic (exact) mass is 386 g/mol. The quantitative estimate of drug-likeness (QED) is 0.650. The Morgan fingerprint density at radius 3 is 2.54 bits per heavy atom. The van der Waals surface area contributed by atoms with E-state index in [1.807, 2.05) is 12.1 Å². The zero-order valence-electron chi connectivity index (χ0n) is 15.7. The minimum absolute atomic E-state index is 0.0770. The Morgan fingerprint density at radius 2 is 1.82 bits per heavy atom. The number of fused-ring (bicyclic) bond motifs is 1. The highest BCUT2D eigenvalue weighted by Crippen LogP contribution is 2.34. The predicted octanol–water partition coefficient (Wildman–Crippen LogP) is 1.47. The van der Waals surface area contributed by atoms with Crippen molar-refractivity contribution >= 4 is 17.5 Å². The van der Waals surface area contributed by atoms with Crippen LogP contribution in [0.4, 0.5) is 5.69 Å². The average Bonchev–Trinajstić information content (AvgIpc) is 3.14. The van der Waals surface area contributed by atoms with E-state index in [2.05, 4.69) is 10.6 Å². The van der Waals surface area contributed by atoms with Gasteiger partial charge in [-0.25, -0.2) is 0 Å². The second kappa shape index (κ2) is 8.18. The van der Waals surface area contributed by atoms with Crippen molar-refractivity contribution in [2.24, 2.45) is 0 Å². The standard InChI is InChI=1S/C20H22N2O6/c1-20(25,10-13-3-6-15(26-2)7-4-13)11-21-18(23)19(24)22-14-5-8-16-17(9-14)28-12-27-16/h3-9,25H,10-12H2,1-2H3,(H,21,23)(H,22,24). The molecule has 0 spiro atoms. The fourth-order valence-corrected chi connectivity index (χ4v) is 2.76. The molecule has 1 atom stereocenters. The second-order valence-electron chi connectivity index (χ2n) is 6.73. The van der Waals surface area contributed by atoms with Crippen molar-refractivity contribution in [2.45, 2.75) is 18.9 Å². The van der Waals surface area contributed by atoms with Crippen LogP contribution in [0, 0.1) is 0 Å². The molecular weight excluding hydrogens is 364 g/mol. The molecule has 0 aromatic heterocycles. The Kier molecular flexibility index (Phi) is 5.70. The van der Waals surface area contributed by atoms with Gasteiger partial charge in [-0.1, -0.05) is 12.1 Å². The minimum Gasteiger partial charge on any atom is -0.497 e. The van der Waals surface area contributed by atoms with Crippen molar-refractivity contribution in [3.63, 3.8) is 0 Å². The Balaban J connectivity index is 1.51. The summed E-state index contributed by atoms with van der Waals surface area (Å²) in [7, 11) is 1.58. The first-order chi connectivity index (χ1) is 13.4. The Labute approximate surface area is 162 Å². The van der Waals surface area contributed by atoms with Crippen LogP contribution in [-0.2, 0) is 16.0 Å². The zero-order chi connectivity index (χ0) is 20.1. The number of nitrogens with one attached hydrogen (secondary N) is 2. The molecule has 2 amide bonds. The molecule has 3 rings (SSSR count). The van der Waals surface area contributed by atoms with Gasteiger partial charge < -0.3 is 30.0 Å². The normalized spacial score (nSPS) is 14.1. The Morgan fingerprint density at radius 1 is 1.11 bits per heavy atom. The first-order valence-corrected chi connectivity index (χ1v) is 8.70. The smallest absolute Gasteiger partial charge is 0.313 e. The van der Waals surface area contributed by atoms with Crippen LogP contribution in [0.2, 0.25) is 0 Å². The summed E-state index contributed by atoms with van der Waals surface area (Å²) in [6.07, 6.45) is 0.307. The molecule has 28 heavy (non-hydrogen) atoms. The van der Waals surface area contributed by atoms with E-state index in [1.54, 1.807) is 44.4 Å². The van der Waals surface area contributed by atoms with E-state index < -0.39 is 17.4 Å². The van der Waals surface area contributed by atoms with Gasteiger partial charge in [0.2, 0.25) is 6.79 Å². The fourth-order valence-electron chi connectivity index (χ4n) is 2.76. The van der Waals surface area contributed by atoms with Crippen LogP contribution in [0.15, 0.2) is 42.5 Å². The minimum atomic E-state index is -1.22. The largest absolute Gasteiger partial charge is 0.497 e. The summed E-state index contributed by atoms with van der Waals surface area (Å²) in [6.45, 7) is 1.64. The molecule has 0 radical (unpaired) electrons. The number of carbonyl (C=O) groups is 2. The number of ether oxygens (including phenoxy) is 3. The van der Waals surface area contributed by atoms with Crippen LogP contribution in [0.5, 0.6) is 17.2 Å². The number of anilines is 1. The average molecular weight is 386 g/mol. The number of carbonyl (C=O) groups excluding carboxylic acids is 2. The molecule has 1 aliphatic heterocycles. The number of aliphatic hydroxyl groups is 1. The highest BCUT2D eigenvalue weighted by molar-refractivity contribution is 6.39. The van der Waals surface area contributed by atoms with Gasteiger partial charge in [-0.3, -0.25) is 9.59 Å². The van der Waals surface area contributed by atoms with Crippen molar-refractivity contribution in [1.82, 2.24) is 5.32 Å². The van der Waals surface area contributed by atoms with Crippen molar-refractivity contribution in [1.29, 1.82) is 0 Å². The van der Waals surface area contributed by atoms with Gasteiger partial charge in [0.15, 0.2) is 11.5 Å². The van der Waals surface area contributed by atoms with Gasteiger partial charge in [0.1, 0.15) is 5.75 Å². The molecule has 1 aliphatic rings. The summed E-state index contributed by atoms with van der Waals surface area (Å²) < 4.78 is 15.5. The van der Waals surface area contributed by atoms with Crippen LogP contribution in [0.25, 0.3) is 0 Å². The molecule has 1 unspecified atom stereocenters. The molecule has 2 aromatic carbocycles. The van der Waals surface area contributed by atoms with Crippen molar-refractivity contribution < 1.29 is 28.9 Å². The molecule has 8 nitrogen and oxygen atoms in total. The lowest BCUT2D eigenvalue weighted by Gasteiger charge is -2.23. The first-order valence-electron chi connectivity index (χ1n) is 8.70. The maximum absolute atomic E-state index is 12.1. The predicted molar refractivity (Wildman–Crippen MR) is 102 cm³/mol. The maximum atomic E-state index is 12.1. The number of hydrogen-bond donors (Lipinski definition) is 3. The van der Waals surface area contributed by atoms with E-state index in [0.29, 0.717) is 23.6 Å². The molecule has 8 heteroatoms. The summed E-state index contributed by atoms with van der Waals surface area (Å²) in [5.74, 6) is 0.126. The number of rotatable bonds is 6. The maximum Gasteiger partial charge on any atom is 0.313 e. The summed E-state index contributed by atoms with van der Waals surface area (Å²) in [6, 6.07) is 12.1. The van der Waals surface area contributed by atoms with Gasteiger partial charge in [-0.2, -0.15) is 0 Å². The topological polar surface area (TPSA) is 106 Å². The van der Waals surface area contributed by atoms with Crippen LogP contribution in [0.3, 0.4) is 0 Å². The van der Waals surface area contributed by atoms with Crippen molar-refractivity contribution in [3.8, 4) is 17.2 Å². The third-order valence-electron chi connectivity index (χ3n) is 4.21. The summed E-state index contributed by atoms with van der Waals surface area (Å²) >= 11 is 0. The van der Waals surface area contributed by atoms with E-state index in [-0.39, 0.29) is 13.3 Å². The molecule has 148 valence electrons. The molecule has 0 aliphatic carbocycles. The van der Waals surface area contributed by atoms with Gasteiger partial charge in [0.25, 0.3) is 0 Å². The van der Waals surface area contributed by atoms with E-state index in [0.717, 1.165) is 11.3 Å². The Hall–Kier alpha value is -3.26. The molecule has 0 saturated carbocycles. The molecular formula is C20H22N2O6. The van der Waals surface area contributed by atoms with E-state index in [1.165, 1.54) is 0 Å². The van der Waals surface area contributed by atoms with Gasteiger partial charge in [-0.05, 0) is 36.8 Å². The highest BCUT2D eigenvalue weighted by Gasteiger charge is 2.24. The summed E-state index contributed by atoms with van der Waals surface area (Å²) in [5, 5.41) is 15.5. The van der Waals surface area contributed by atoms with Gasteiger partial charge in [-0.15, -0.1) is 0 Å². The number of benzene rings is 2. The van der Waals surface area contributed by atoms with Crippen LogP contribution < -0.4 is 24.8 Å². The lowest BCUT2D eigenvalue weighted by molar-refractivity contribution is -0.136. The number of hydrogen-bond acceptors (Lipinski definition) is 6. The van der Waals surface area contributed by atoms with Gasteiger partial charge in [0.05, 0.1) is 12.7 Å². The molecule has 0 fully saturated rings. The summed E-state index contributed by atoms with van der Waals surface area (Å²) in [5.41, 5.74) is 0.0720. The summed E-state index contributed by atoms with van der Waals surface area (Å²) in [4.78, 5) is 24.1. The zero-order valence-corrected chi connectivity index (χ0v) is 15.7. The number of amides is 2. The van der Waals surface area contributed by atoms with Crippen LogP contribution in [0.1, 0.15) is 12.5 Å². The lowest BCUT2D eigenvalue weighted by Crippen LogP contribution is -2.45. The van der Waals surface area contributed by atoms with Crippen molar-refractivity contribution in [3.05, 3.63) is 48.0 Å². The third-order valence-corrected chi connectivity index (χ3v) is 4.21. The van der Waals surface area contributed by atoms with Crippen LogP contribution >= 0.6 is 0 Å².